The highest BCUT2D eigenvalue weighted by Gasteiger charge is 2.30. The van der Waals surface area contributed by atoms with E-state index in [1.54, 1.807) is 6.20 Å². The van der Waals surface area contributed by atoms with E-state index in [-0.39, 0.29) is 12.5 Å². The molecule has 0 bridgehead atoms. The Balaban J connectivity index is 1.44. The molecule has 4 aromatic rings. The number of anilines is 1. The lowest BCUT2D eigenvalue weighted by Crippen LogP contribution is -2.37. The van der Waals surface area contributed by atoms with Crippen LogP contribution >= 0.6 is 11.3 Å². The molecule has 5 nitrogen and oxygen atoms in total. The second kappa shape index (κ2) is 10.0. The normalized spacial score (nSPS) is 13.7. The zero-order valence-electron chi connectivity index (χ0n) is 18.1. The number of methoxy groups -OCH3 is 1. The van der Waals surface area contributed by atoms with Crippen LogP contribution in [0.5, 0.6) is 0 Å². The highest BCUT2D eigenvalue weighted by Crippen LogP contribution is 2.32. The molecule has 2 heterocycles. The Bertz CT molecular complexity index is 1260. The Labute approximate surface area is 197 Å². The third kappa shape index (κ3) is 5.52. The summed E-state index contributed by atoms with van der Waals surface area (Å²) in [6.07, 6.45) is -1.18. The van der Waals surface area contributed by atoms with E-state index < -0.39 is 23.7 Å². The van der Waals surface area contributed by atoms with Crippen molar-refractivity contribution >= 4 is 27.2 Å². The molecule has 10 heteroatoms. The van der Waals surface area contributed by atoms with Gasteiger partial charge in [-0.15, -0.1) is 0 Å². The largest absolute Gasteiger partial charge is 0.416 e. The number of thiazole rings is 1. The van der Waals surface area contributed by atoms with Crippen LogP contribution in [-0.4, -0.2) is 36.3 Å². The summed E-state index contributed by atoms with van der Waals surface area (Å²) in [6.45, 7) is 0.608. The van der Waals surface area contributed by atoms with Crippen LogP contribution in [0.15, 0.2) is 60.9 Å². The number of pyridine rings is 1. The third-order valence-electron chi connectivity index (χ3n) is 5.50. The molecule has 0 saturated carbocycles. The highest BCUT2D eigenvalue weighted by molar-refractivity contribution is 7.18. The summed E-state index contributed by atoms with van der Waals surface area (Å²) in [5.74, 6) is -0.841. The van der Waals surface area contributed by atoms with Crippen molar-refractivity contribution in [3.8, 4) is 10.4 Å². The van der Waals surface area contributed by atoms with Crippen molar-refractivity contribution in [1.29, 1.82) is 0 Å². The van der Waals surface area contributed by atoms with E-state index in [4.69, 9.17) is 10.5 Å². The first kappa shape index (κ1) is 24.1. The van der Waals surface area contributed by atoms with E-state index >= 15 is 0 Å². The van der Waals surface area contributed by atoms with Gasteiger partial charge in [0.2, 0.25) is 5.95 Å². The molecule has 2 aromatic carbocycles. The number of benzene rings is 2. The van der Waals surface area contributed by atoms with Gasteiger partial charge in [-0.3, -0.25) is 0 Å². The Morgan fingerprint density at radius 3 is 2.50 bits per heavy atom. The lowest BCUT2D eigenvalue weighted by molar-refractivity contribution is -0.137. The quantitative estimate of drug-likeness (QED) is 0.245. The smallest absolute Gasteiger partial charge is 0.384 e. The minimum absolute atomic E-state index is 0.264. The lowest BCUT2D eigenvalue weighted by Gasteiger charge is -2.24. The SMILES string of the molecule is COC[C@H](c1ccc(C(F)(F)F)cc1)[C@@H](N)CNc1ncc(-c2ccc3cnc(F)cc3c2)s1. The molecule has 0 unspecified atom stereocenters. The van der Waals surface area contributed by atoms with Crippen LogP contribution in [0.1, 0.15) is 17.0 Å². The molecular weight excluding hydrogens is 468 g/mol. The molecule has 0 aliphatic rings. The maximum atomic E-state index is 13.5. The molecule has 0 spiro atoms. The van der Waals surface area contributed by atoms with Gasteiger partial charge in [0.25, 0.3) is 0 Å². The molecule has 0 aliphatic carbocycles. The van der Waals surface area contributed by atoms with E-state index in [1.807, 2.05) is 18.2 Å². The maximum Gasteiger partial charge on any atom is 0.416 e. The lowest BCUT2D eigenvalue weighted by atomic mass is 9.92. The van der Waals surface area contributed by atoms with Gasteiger partial charge in [-0.25, -0.2) is 9.97 Å². The summed E-state index contributed by atoms with van der Waals surface area (Å²) in [5.41, 5.74) is 7.23. The van der Waals surface area contributed by atoms with E-state index in [9.17, 15) is 17.6 Å². The van der Waals surface area contributed by atoms with Crippen molar-refractivity contribution in [2.75, 3.05) is 25.6 Å². The van der Waals surface area contributed by atoms with Crippen LogP contribution in [0.4, 0.5) is 22.7 Å². The monoisotopic (exact) mass is 490 g/mol. The van der Waals surface area contributed by atoms with Crippen LogP contribution in [0.25, 0.3) is 21.2 Å². The number of rotatable bonds is 8. The van der Waals surface area contributed by atoms with Crippen molar-refractivity contribution in [1.82, 2.24) is 9.97 Å². The number of hydrogen-bond acceptors (Lipinski definition) is 6. The zero-order chi connectivity index (χ0) is 24.3. The number of ether oxygens (including phenoxy) is 1. The summed E-state index contributed by atoms with van der Waals surface area (Å²) < 4.78 is 57.3. The number of hydrogen-bond donors (Lipinski definition) is 2. The summed E-state index contributed by atoms with van der Waals surface area (Å²) in [6, 6.07) is 11.6. The van der Waals surface area contributed by atoms with Crippen molar-refractivity contribution in [3.63, 3.8) is 0 Å². The number of nitrogens with one attached hydrogen (secondary N) is 1. The summed E-state index contributed by atoms with van der Waals surface area (Å²) in [4.78, 5) is 8.94. The number of nitrogens with two attached hydrogens (primary N) is 1. The Hall–Kier alpha value is -3.08. The predicted octanol–water partition coefficient (Wildman–Crippen LogP) is 5.69. The standard InChI is InChI=1S/C24H22F4N4OS/c1-33-13-19(14-4-6-18(7-5-14)24(26,27)28)20(29)11-31-23-32-12-21(34-23)15-2-3-16-10-30-22(25)9-17(16)8-15/h2-10,12,19-20H,11,13,29H2,1H3,(H,31,32)/t19-,20+/m1/s1. The number of alkyl halides is 3. The Morgan fingerprint density at radius 2 is 1.79 bits per heavy atom. The molecule has 178 valence electrons. The van der Waals surface area contributed by atoms with Gasteiger partial charge in [-0.2, -0.15) is 17.6 Å². The minimum atomic E-state index is -4.39. The average molecular weight is 491 g/mol. The first-order chi connectivity index (χ1) is 16.2. The molecule has 4 rings (SSSR count). The van der Waals surface area contributed by atoms with Crippen molar-refractivity contribution in [2.45, 2.75) is 18.1 Å². The molecule has 0 fully saturated rings. The van der Waals surface area contributed by atoms with Crippen molar-refractivity contribution in [3.05, 3.63) is 78.0 Å². The van der Waals surface area contributed by atoms with Gasteiger partial charge in [0.05, 0.1) is 17.0 Å². The third-order valence-corrected chi connectivity index (χ3v) is 6.50. The summed E-state index contributed by atoms with van der Waals surface area (Å²) in [5, 5.41) is 5.43. The van der Waals surface area contributed by atoms with E-state index in [0.717, 1.165) is 33.3 Å². The molecule has 2 aromatic heterocycles. The molecule has 0 aliphatic heterocycles. The molecule has 2 atom stereocenters. The zero-order valence-corrected chi connectivity index (χ0v) is 19.0. The fourth-order valence-corrected chi connectivity index (χ4v) is 4.49. The topological polar surface area (TPSA) is 73.1 Å². The molecular formula is C24H22F4N4OS. The van der Waals surface area contributed by atoms with Crippen LogP contribution in [-0.2, 0) is 10.9 Å². The van der Waals surface area contributed by atoms with Gasteiger partial charge < -0.3 is 15.8 Å². The fraction of sp³-hybridized carbons (Fsp3) is 0.250. The molecule has 0 amide bonds. The minimum Gasteiger partial charge on any atom is -0.384 e. The summed E-state index contributed by atoms with van der Waals surface area (Å²) in [7, 11) is 1.52. The van der Waals surface area contributed by atoms with Gasteiger partial charge in [0, 0.05) is 49.5 Å². The first-order valence-electron chi connectivity index (χ1n) is 10.4. The Kier molecular flexibility index (Phi) is 7.11. The molecule has 0 radical (unpaired) electrons. The van der Waals surface area contributed by atoms with Crippen LogP contribution < -0.4 is 11.1 Å². The first-order valence-corrected chi connectivity index (χ1v) is 11.2. The number of halogens is 4. The van der Waals surface area contributed by atoms with Gasteiger partial charge in [0.15, 0.2) is 5.13 Å². The molecule has 3 N–H and O–H groups in total. The number of fused-ring (bicyclic) bond motifs is 1. The van der Waals surface area contributed by atoms with Crippen LogP contribution in [0, 0.1) is 5.95 Å². The van der Waals surface area contributed by atoms with E-state index in [1.165, 1.54) is 42.8 Å². The number of aromatic nitrogens is 2. The van der Waals surface area contributed by atoms with Gasteiger partial charge >= 0.3 is 6.18 Å². The molecule has 34 heavy (non-hydrogen) atoms. The fourth-order valence-electron chi connectivity index (χ4n) is 3.67. The molecule has 0 saturated heterocycles. The van der Waals surface area contributed by atoms with Gasteiger partial charge in [-0.1, -0.05) is 35.6 Å². The van der Waals surface area contributed by atoms with Crippen molar-refractivity contribution in [2.24, 2.45) is 5.73 Å². The summed E-state index contributed by atoms with van der Waals surface area (Å²) >= 11 is 1.42. The van der Waals surface area contributed by atoms with Crippen LogP contribution in [0.3, 0.4) is 0 Å². The average Bonchev–Trinajstić information content (AvgIpc) is 3.29. The Morgan fingerprint density at radius 1 is 1.03 bits per heavy atom. The number of nitrogens with zero attached hydrogens (tertiary/aromatic N) is 2. The highest BCUT2D eigenvalue weighted by atomic mass is 32.1. The van der Waals surface area contributed by atoms with Gasteiger partial charge in [-0.05, 0) is 34.7 Å². The maximum absolute atomic E-state index is 13.5. The van der Waals surface area contributed by atoms with Crippen molar-refractivity contribution < 1.29 is 22.3 Å². The van der Waals surface area contributed by atoms with Gasteiger partial charge in [0.1, 0.15) is 0 Å². The predicted molar refractivity (Wildman–Crippen MR) is 125 cm³/mol. The second-order valence-electron chi connectivity index (χ2n) is 7.82. The van der Waals surface area contributed by atoms with E-state index in [2.05, 4.69) is 15.3 Å². The van der Waals surface area contributed by atoms with E-state index in [0.29, 0.717) is 17.2 Å². The van der Waals surface area contributed by atoms with Crippen LogP contribution in [0.2, 0.25) is 0 Å². The second-order valence-corrected chi connectivity index (χ2v) is 8.86.